The zero-order valence-electron chi connectivity index (χ0n) is 13.2. The van der Waals surface area contributed by atoms with Crippen molar-refractivity contribution in [1.82, 2.24) is 0 Å². The van der Waals surface area contributed by atoms with Crippen LogP contribution in [0.15, 0.2) is 18.2 Å². The van der Waals surface area contributed by atoms with Crippen LogP contribution in [-0.4, -0.2) is 35.7 Å². The van der Waals surface area contributed by atoms with Crippen molar-refractivity contribution in [2.75, 3.05) is 19.1 Å². The molecule has 2 bridgehead atoms. The van der Waals surface area contributed by atoms with Crippen LogP contribution in [0.2, 0.25) is 0 Å². The standard InChI is InChI=1S/C17H17Br2NO4/c1-23-7-3-4-11(24-2)10(5-7)20-16(21)12-8-6-9(13(12)17(20)22)15(19)14(8)18/h3-5,8-9,12-15H,6H2,1-2H3/t8-,9+,12-,13+,14-,15+. The van der Waals surface area contributed by atoms with Gasteiger partial charge in [0.25, 0.3) is 0 Å². The molecule has 0 N–H and O–H groups in total. The van der Waals surface area contributed by atoms with E-state index in [1.807, 2.05) is 0 Å². The molecule has 1 aromatic rings. The summed E-state index contributed by atoms with van der Waals surface area (Å²) < 4.78 is 10.6. The van der Waals surface area contributed by atoms with Crippen LogP contribution < -0.4 is 14.4 Å². The molecule has 128 valence electrons. The molecule has 2 saturated carbocycles. The molecular formula is C17H17Br2NO4. The van der Waals surface area contributed by atoms with Crippen molar-refractivity contribution in [1.29, 1.82) is 0 Å². The molecule has 0 unspecified atom stereocenters. The van der Waals surface area contributed by atoms with Crippen LogP contribution in [-0.2, 0) is 9.59 Å². The van der Waals surface area contributed by atoms with E-state index in [-0.39, 0.29) is 45.1 Å². The minimum atomic E-state index is -0.239. The summed E-state index contributed by atoms with van der Waals surface area (Å²) in [6.45, 7) is 0. The summed E-state index contributed by atoms with van der Waals surface area (Å²) in [6.07, 6.45) is 0.918. The van der Waals surface area contributed by atoms with E-state index in [9.17, 15) is 9.59 Å². The minimum Gasteiger partial charge on any atom is -0.497 e. The van der Waals surface area contributed by atoms with Crippen molar-refractivity contribution >= 4 is 49.4 Å². The molecule has 1 aromatic carbocycles. The van der Waals surface area contributed by atoms with Crippen LogP contribution >= 0.6 is 31.9 Å². The van der Waals surface area contributed by atoms with Crippen molar-refractivity contribution in [3.63, 3.8) is 0 Å². The summed E-state index contributed by atoms with van der Waals surface area (Å²) in [5, 5.41) is 0. The van der Waals surface area contributed by atoms with E-state index in [0.29, 0.717) is 17.2 Å². The first-order valence-electron chi connectivity index (χ1n) is 7.87. The van der Waals surface area contributed by atoms with Crippen LogP contribution in [0, 0.1) is 23.7 Å². The van der Waals surface area contributed by atoms with E-state index in [0.717, 1.165) is 6.42 Å². The van der Waals surface area contributed by atoms with Gasteiger partial charge in [0.2, 0.25) is 11.8 Å². The number of benzene rings is 1. The molecule has 0 spiro atoms. The van der Waals surface area contributed by atoms with Crippen molar-refractivity contribution in [2.24, 2.45) is 23.7 Å². The van der Waals surface area contributed by atoms with Gasteiger partial charge in [0.05, 0.1) is 31.7 Å². The maximum Gasteiger partial charge on any atom is 0.238 e. The number of methoxy groups -OCH3 is 2. The third kappa shape index (κ3) is 2.03. The minimum absolute atomic E-state index is 0.118. The Morgan fingerprint density at radius 2 is 1.58 bits per heavy atom. The van der Waals surface area contributed by atoms with Crippen molar-refractivity contribution in [2.45, 2.75) is 16.1 Å². The Morgan fingerprint density at radius 3 is 2.08 bits per heavy atom. The van der Waals surface area contributed by atoms with E-state index in [1.54, 1.807) is 25.3 Å². The molecule has 0 aromatic heterocycles. The third-order valence-corrected chi connectivity index (χ3v) is 8.82. The number of amides is 2. The summed E-state index contributed by atoms with van der Waals surface area (Å²) in [7, 11) is 3.09. The second kappa shape index (κ2) is 5.73. The molecule has 1 aliphatic heterocycles. The highest BCUT2D eigenvalue weighted by molar-refractivity contribution is 9.12. The van der Waals surface area contributed by atoms with E-state index < -0.39 is 0 Å². The van der Waals surface area contributed by atoms with Gasteiger partial charge in [0.15, 0.2) is 0 Å². The maximum absolute atomic E-state index is 13.1. The number of halogens is 2. The normalized spacial score (nSPS) is 37.1. The van der Waals surface area contributed by atoms with Gasteiger partial charge in [-0.2, -0.15) is 0 Å². The molecule has 6 atom stereocenters. The second-order valence-corrected chi connectivity index (χ2v) is 8.67. The van der Waals surface area contributed by atoms with Gasteiger partial charge < -0.3 is 9.47 Å². The van der Waals surface area contributed by atoms with E-state index in [4.69, 9.17) is 9.47 Å². The van der Waals surface area contributed by atoms with Gasteiger partial charge >= 0.3 is 0 Å². The molecule has 4 rings (SSSR count). The topological polar surface area (TPSA) is 55.8 Å². The van der Waals surface area contributed by atoms with Crippen LogP contribution in [0.25, 0.3) is 0 Å². The lowest BCUT2D eigenvalue weighted by Crippen LogP contribution is -2.37. The number of anilines is 1. The van der Waals surface area contributed by atoms with Crippen LogP contribution in [0.1, 0.15) is 6.42 Å². The van der Waals surface area contributed by atoms with Crippen LogP contribution in [0.3, 0.4) is 0 Å². The highest BCUT2D eigenvalue weighted by atomic mass is 79.9. The summed E-state index contributed by atoms with van der Waals surface area (Å²) in [5.74, 6) is 0.762. The number of ether oxygens (including phenoxy) is 2. The molecule has 24 heavy (non-hydrogen) atoms. The average Bonchev–Trinajstić information content (AvgIpc) is 3.19. The van der Waals surface area contributed by atoms with Crippen molar-refractivity contribution < 1.29 is 19.1 Å². The number of carbonyl (C=O) groups is 2. The van der Waals surface area contributed by atoms with Gasteiger partial charge in [-0.3, -0.25) is 9.59 Å². The monoisotopic (exact) mass is 457 g/mol. The van der Waals surface area contributed by atoms with E-state index in [2.05, 4.69) is 31.9 Å². The Morgan fingerprint density at radius 1 is 1.00 bits per heavy atom. The Bertz CT molecular complexity index is 693. The van der Waals surface area contributed by atoms with E-state index in [1.165, 1.54) is 12.0 Å². The highest BCUT2D eigenvalue weighted by Gasteiger charge is 2.66. The predicted octanol–water partition coefficient (Wildman–Crippen LogP) is 2.99. The van der Waals surface area contributed by atoms with Gasteiger partial charge in [0.1, 0.15) is 11.5 Å². The molecule has 5 nitrogen and oxygen atoms in total. The molecular weight excluding hydrogens is 442 g/mol. The first-order valence-corrected chi connectivity index (χ1v) is 9.70. The fraction of sp³-hybridized carbons (Fsp3) is 0.529. The van der Waals surface area contributed by atoms with Gasteiger partial charge in [-0.25, -0.2) is 4.90 Å². The van der Waals surface area contributed by atoms with Crippen LogP contribution in [0.5, 0.6) is 11.5 Å². The number of nitrogens with zero attached hydrogens (tertiary/aromatic N) is 1. The number of fused-ring (bicyclic) bond motifs is 5. The Balaban J connectivity index is 1.77. The molecule has 1 heterocycles. The number of imide groups is 1. The van der Waals surface area contributed by atoms with Gasteiger partial charge in [-0.15, -0.1) is 0 Å². The molecule has 2 aliphatic carbocycles. The Hall–Kier alpha value is -1.08. The number of hydrogen-bond acceptors (Lipinski definition) is 4. The fourth-order valence-corrected chi connectivity index (χ4v) is 6.43. The van der Waals surface area contributed by atoms with Gasteiger partial charge in [-0.1, -0.05) is 31.9 Å². The van der Waals surface area contributed by atoms with Crippen molar-refractivity contribution in [3.05, 3.63) is 18.2 Å². The first-order chi connectivity index (χ1) is 11.5. The number of carbonyl (C=O) groups excluding carboxylic acids is 2. The first kappa shape index (κ1) is 16.4. The summed E-state index contributed by atoms with van der Waals surface area (Å²) in [4.78, 5) is 27.9. The quantitative estimate of drug-likeness (QED) is 0.516. The number of hydrogen-bond donors (Lipinski definition) is 0. The summed E-state index contributed by atoms with van der Waals surface area (Å²) >= 11 is 7.40. The zero-order valence-corrected chi connectivity index (χ0v) is 16.4. The summed E-state index contributed by atoms with van der Waals surface area (Å²) in [5.41, 5.74) is 0.470. The van der Waals surface area contributed by atoms with Crippen molar-refractivity contribution in [3.8, 4) is 11.5 Å². The molecule has 7 heteroatoms. The predicted molar refractivity (Wildman–Crippen MR) is 96.0 cm³/mol. The largest absolute Gasteiger partial charge is 0.497 e. The van der Waals surface area contributed by atoms with Gasteiger partial charge in [-0.05, 0) is 30.4 Å². The lowest BCUT2D eigenvalue weighted by molar-refractivity contribution is -0.123. The number of alkyl halides is 2. The second-order valence-electron chi connectivity index (χ2n) is 6.55. The molecule has 1 saturated heterocycles. The van der Waals surface area contributed by atoms with E-state index >= 15 is 0 Å². The lowest BCUT2D eigenvalue weighted by atomic mass is 9.81. The highest BCUT2D eigenvalue weighted by Crippen LogP contribution is 2.61. The molecule has 3 fully saturated rings. The zero-order chi connectivity index (χ0) is 17.2. The molecule has 2 amide bonds. The Kier molecular flexibility index (Phi) is 3.91. The van der Waals surface area contributed by atoms with Gasteiger partial charge in [0, 0.05) is 15.7 Å². The lowest BCUT2D eigenvalue weighted by Gasteiger charge is -2.28. The molecule has 3 aliphatic rings. The SMILES string of the molecule is COc1ccc(OC)c(N2C(=O)[C@@H]3[C@H]4C[C@H]([C@H](Br)[C@@H]4Br)[C@@H]3C2=O)c1. The molecule has 0 radical (unpaired) electrons. The average molecular weight is 459 g/mol. The number of rotatable bonds is 3. The van der Waals surface area contributed by atoms with Crippen LogP contribution in [0.4, 0.5) is 5.69 Å². The maximum atomic E-state index is 13.1. The fourth-order valence-electron chi connectivity index (χ4n) is 4.56. The summed E-state index contributed by atoms with van der Waals surface area (Å²) in [6, 6.07) is 5.16. The smallest absolute Gasteiger partial charge is 0.238 e. The Labute approximate surface area is 156 Å². The third-order valence-electron chi connectivity index (χ3n) is 5.61.